The van der Waals surface area contributed by atoms with E-state index in [1.807, 2.05) is 0 Å². The maximum absolute atomic E-state index is 14.8. The monoisotopic (exact) mass is 520 g/mol. The van der Waals surface area contributed by atoms with Crippen molar-refractivity contribution in [3.8, 4) is 6.07 Å². The zero-order valence-electron chi connectivity index (χ0n) is 17.7. The minimum Gasteiger partial charge on any atom is -0.336 e. The molecule has 1 fully saturated rings. The lowest BCUT2D eigenvalue weighted by Crippen LogP contribution is -2.55. The summed E-state index contributed by atoms with van der Waals surface area (Å²) < 4.78 is 110. The standard InChI is InChI=1S/C21H18F6N4O3S/c22-14-6-4-13(5-7-14)17(20(23,24)25)30-15(18(32)31-19(12-28)8-9-19)11-35(33,34)21(26,27)16-3-1-2-10-29-16/h1-7,10,15,17,30H,8-9,11H2,(H,31,32)/t15?,17-/m1/s1. The average Bonchev–Trinajstić information content (AvgIpc) is 3.56. The number of hydrogen-bond acceptors (Lipinski definition) is 6. The van der Waals surface area contributed by atoms with Crippen LogP contribution in [0.25, 0.3) is 0 Å². The molecule has 2 atom stereocenters. The van der Waals surface area contributed by atoms with Crippen LogP contribution in [0.4, 0.5) is 26.3 Å². The molecule has 1 aromatic carbocycles. The van der Waals surface area contributed by atoms with E-state index in [-0.39, 0.29) is 12.8 Å². The third-order valence-electron chi connectivity index (χ3n) is 5.28. The number of amides is 1. The molecule has 7 nitrogen and oxygen atoms in total. The van der Waals surface area contributed by atoms with Crippen molar-refractivity contribution in [2.45, 2.75) is 41.9 Å². The third kappa shape index (κ3) is 5.91. The Morgan fingerprint density at radius 2 is 1.74 bits per heavy atom. The number of benzene rings is 1. The molecule has 1 heterocycles. The molecule has 1 aliphatic carbocycles. The summed E-state index contributed by atoms with van der Waals surface area (Å²) in [6, 6.07) is 2.67. The first kappa shape index (κ1) is 26.4. The van der Waals surface area contributed by atoms with Crippen LogP contribution in [0.15, 0.2) is 48.7 Å². The number of hydrogen-bond donors (Lipinski definition) is 2. The van der Waals surface area contributed by atoms with Crippen LogP contribution in [0.5, 0.6) is 0 Å². The van der Waals surface area contributed by atoms with Gasteiger partial charge < -0.3 is 5.32 Å². The summed E-state index contributed by atoms with van der Waals surface area (Å²) in [5, 5.41) is 8.45. The van der Waals surface area contributed by atoms with Gasteiger partial charge in [0.2, 0.25) is 15.7 Å². The van der Waals surface area contributed by atoms with E-state index in [0.717, 1.165) is 24.4 Å². The van der Waals surface area contributed by atoms with Crippen molar-refractivity contribution in [2.75, 3.05) is 5.75 Å². The van der Waals surface area contributed by atoms with Crippen LogP contribution >= 0.6 is 0 Å². The second kappa shape index (κ2) is 9.46. The van der Waals surface area contributed by atoms with Gasteiger partial charge in [-0.25, -0.2) is 12.8 Å². The maximum Gasteiger partial charge on any atom is 0.407 e. The molecule has 0 bridgehead atoms. The molecular weight excluding hydrogens is 502 g/mol. The second-order valence-corrected chi connectivity index (χ2v) is 10.0. The molecular formula is C21H18F6N4O3S. The Hall–Kier alpha value is -3.18. The Morgan fingerprint density at radius 3 is 2.23 bits per heavy atom. The molecule has 1 aliphatic rings. The van der Waals surface area contributed by atoms with Gasteiger partial charge in [0.25, 0.3) is 0 Å². The van der Waals surface area contributed by atoms with Crippen molar-refractivity contribution in [1.82, 2.24) is 15.6 Å². The Labute approximate surface area is 196 Å². The zero-order chi connectivity index (χ0) is 26.1. The summed E-state index contributed by atoms with van der Waals surface area (Å²) in [6.45, 7) is 0. The van der Waals surface area contributed by atoms with Crippen molar-refractivity contribution < 1.29 is 39.6 Å². The van der Waals surface area contributed by atoms with Crippen LogP contribution in [0.1, 0.15) is 30.1 Å². The van der Waals surface area contributed by atoms with Gasteiger partial charge in [-0.3, -0.25) is 15.1 Å². The Balaban J connectivity index is 1.97. The molecule has 35 heavy (non-hydrogen) atoms. The number of carbonyl (C=O) groups excluding carboxylic acids is 1. The van der Waals surface area contributed by atoms with E-state index in [4.69, 9.17) is 5.26 Å². The number of pyridine rings is 1. The number of carbonyl (C=O) groups is 1. The largest absolute Gasteiger partial charge is 0.407 e. The summed E-state index contributed by atoms with van der Waals surface area (Å²) in [5.74, 6) is -4.00. The summed E-state index contributed by atoms with van der Waals surface area (Å²) >= 11 is 0. The minimum atomic E-state index is -5.61. The van der Waals surface area contributed by atoms with Crippen molar-refractivity contribution in [3.05, 3.63) is 65.7 Å². The highest BCUT2D eigenvalue weighted by atomic mass is 32.2. The second-order valence-electron chi connectivity index (χ2n) is 7.94. The first-order valence-electron chi connectivity index (χ1n) is 10.0. The minimum absolute atomic E-state index is 0.152. The molecule has 1 saturated carbocycles. The van der Waals surface area contributed by atoms with Gasteiger partial charge in [-0.05, 0) is 42.7 Å². The Morgan fingerprint density at radius 1 is 1.11 bits per heavy atom. The van der Waals surface area contributed by atoms with Crippen LogP contribution < -0.4 is 10.6 Å². The fourth-order valence-electron chi connectivity index (χ4n) is 3.17. The molecule has 0 aliphatic heterocycles. The first-order chi connectivity index (χ1) is 16.2. The molecule has 1 amide bonds. The lowest BCUT2D eigenvalue weighted by atomic mass is 10.0. The smallest absolute Gasteiger partial charge is 0.336 e. The molecule has 1 aromatic heterocycles. The number of aromatic nitrogens is 1. The van der Waals surface area contributed by atoms with E-state index in [2.05, 4.69) is 10.3 Å². The first-order valence-corrected chi connectivity index (χ1v) is 11.7. The summed E-state index contributed by atoms with van der Waals surface area (Å²) in [6.07, 6.45) is -3.92. The van der Waals surface area contributed by atoms with Crippen LogP contribution in [0, 0.1) is 17.1 Å². The molecule has 188 valence electrons. The number of alkyl halides is 5. The molecule has 2 N–H and O–H groups in total. The Bertz CT molecular complexity index is 1210. The highest BCUT2D eigenvalue weighted by Gasteiger charge is 2.52. The van der Waals surface area contributed by atoms with Gasteiger partial charge in [0.05, 0.1) is 11.8 Å². The molecule has 0 radical (unpaired) electrons. The predicted molar refractivity (Wildman–Crippen MR) is 110 cm³/mol. The van der Waals surface area contributed by atoms with Crippen LogP contribution in [-0.4, -0.2) is 42.8 Å². The summed E-state index contributed by atoms with van der Waals surface area (Å²) in [4.78, 5) is 16.1. The molecule has 2 aromatic rings. The van der Waals surface area contributed by atoms with Gasteiger partial charge in [0.15, 0.2) is 0 Å². The zero-order valence-corrected chi connectivity index (χ0v) is 18.5. The van der Waals surface area contributed by atoms with Gasteiger partial charge in [0.1, 0.15) is 29.1 Å². The molecule has 14 heteroatoms. The van der Waals surface area contributed by atoms with Crippen molar-refractivity contribution in [3.63, 3.8) is 0 Å². The van der Waals surface area contributed by atoms with E-state index in [0.29, 0.717) is 18.2 Å². The maximum atomic E-state index is 14.8. The predicted octanol–water partition coefficient (Wildman–Crippen LogP) is 3.12. The number of nitrogens with one attached hydrogen (secondary N) is 2. The van der Waals surface area contributed by atoms with Crippen LogP contribution in [-0.2, 0) is 19.9 Å². The van der Waals surface area contributed by atoms with Gasteiger partial charge in [0, 0.05) is 6.20 Å². The van der Waals surface area contributed by atoms with Crippen LogP contribution in [0.3, 0.4) is 0 Å². The van der Waals surface area contributed by atoms with E-state index >= 15 is 0 Å². The normalized spacial score (nSPS) is 17.2. The average molecular weight is 520 g/mol. The van der Waals surface area contributed by atoms with Gasteiger partial charge in [-0.1, -0.05) is 18.2 Å². The van der Waals surface area contributed by atoms with Gasteiger partial charge in [-0.15, -0.1) is 0 Å². The highest BCUT2D eigenvalue weighted by Crippen LogP contribution is 2.37. The topological polar surface area (TPSA) is 112 Å². The fraction of sp³-hybridized carbons (Fsp3) is 0.381. The van der Waals surface area contributed by atoms with E-state index < -0.39 is 67.6 Å². The van der Waals surface area contributed by atoms with Gasteiger partial charge in [-0.2, -0.15) is 27.2 Å². The number of halogens is 6. The Kier molecular flexibility index (Phi) is 7.14. The SMILES string of the molecule is N#CC1(NC(=O)C(CS(=O)(=O)C(F)(F)c2ccccn2)N[C@H](c2ccc(F)cc2)C(F)(F)F)CC1. The number of nitrogens with zero attached hydrogens (tertiary/aromatic N) is 2. The van der Waals surface area contributed by atoms with Crippen LogP contribution in [0.2, 0.25) is 0 Å². The summed E-state index contributed by atoms with van der Waals surface area (Å²) in [5.41, 5.74) is -3.19. The van der Waals surface area contributed by atoms with Gasteiger partial charge >= 0.3 is 11.4 Å². The van der Waals surface area contributed by atoms with Crippen molar-refractivity contribution >= 4 is 15.7 Å². The fourth-order valence-corrected chi connectivity index (χ4v) is 4.50. The lowest BCUT2D eigenvalue weighted by Gasteiger charge is -2.29. The lowest BCUT2D eigenvalue weighted by molar-refractivity contribution is -0.160. The van der Waals surface area contributed by atoms with E-state index in [1.165, 1.54) is 6.07 Å². The van der Waals surface area contributed by atoms with E-state index in [9.17, 15) is 39.6 Å². The molecule has 1 unspecified atom stereocenters. The highest BCUT2D eigenvalue weighted by molar-refractivity contribution is 7.92. The van der Waals surface area contributed by atoms with Crippen molar-refractivity contribution in [1.29, 1.82) is 5.26 Å². The summed E-state index contributed by atoms with van der Waals surface area (Å²) in [7, 11) is -5.61. The quantitative estimate of drug-likeness (QED) is 0.492. The van der Waals surface area contributed by atoms with E-state index in [1.54, 1.807) is 11.4 Å². The molecule has 0 saturated heterocycles. The molecule has 0 spiro atoms. The number of rotatable bonds is 9. The third-order valence-corrected chi connectivity index (χ3v) is 7.04. The molecule has 3 rings (SSSR count). The van der Waals surface area contributed by atoms with Crippen molar-refractivity contribution in [2.24, 2.45) is 0 Å². The number of nitriles is 1. The number of sulfone groups is 1.